The van der Waals surface area contributed by atoms with E-state index in [2.05, 4.69) is 40.7 Å². The molecule has 1 N–H and O–H groups in total. The second-order valence-electron chi connectivity index (χ2n) is 11.1. The standard InChI is InChI=1S/C29H33ClFN8OP/c1-6-21(40)39-10-9-37(12-16(39)3)27-18-11-19(30)23(22-15(2)7-8-20-24(22)28(41)35-34-20)25(31)26(18)32-29(33-27)38-13-17(14-38)36(4)5/h6-8,11,16-17H,1,9-10,12-14,41H2,2-5H3,(H,34,35)/t16-/m1/s1. The number of nitrogens with zero attached hydrogens (tertiary/aromatic N) is 7. The summed E-state index contributed by atoms with van der Waals surface area (Å²) in [5, 5.41) is 8.96. The molecule has 2 aromatic carbocycles. The molecule has 0 saturated carbocycles. The van der Waals surface area contributed by atoms with Crippen molar-refractivity contribution in [1.82, 2.24) is 30.0 Å². The number of nitrogens with one attached hydrogen (secondary N) is 1. The van der Waals surface area contributed by atoms with Crippen LogP contribution in [0.15, 0.2) is 30.9 Å². The zero-order chi connectivity index (χ0) is 29.2. The van der Waals surface area contributed by atoms with Crippen molar-refractivity contribution >= 4 is 65.8 Å². The number of hydrogen-bond donors (Lipinski definition) is 1. The van der Waals surface area contributed by atoms with Crippen molar-refractivity contribution in [3.8, 4) is 11.1 Å². The molecule has 2 aromatic heterocycles. The van der Waals surface area contributed by atoms with Gasteiger partial charge in [-0.1, -0.05) is 33.5 Å². The lowest BCUT2D eigenvalue weighted by Crippen LogP contribution is -2.58. The van der Waals surface area contributed by atoms with E-state index in [0.29, 0.717) is 59.4 Å². The number of likely N-dealkylation sites (N-methyl/N-ethyl adjacent to an activating group) is 1. The van der Waals surface area contributed by atoms with Crippen LogP contribution in [0.1, 0.15) is 12.5 Å². The van der Waals surface area contributed by atoms with Gasteiger partial charge in [0.1, 0.15) is 11.3 Å². The quantitative estimate of drug-likeness (QED) is 0.278. The van der Waals surface area contributed by atoms with Gasteiger partial charge in [0.25, 0.3) is 0 Å². The van der Waals surface area contributed by atoms with Gasteiger partial charge in [-0.3, -0.25) is 9.89 Å². The molecular formula is C29H33ClFN8OP. The van der Waals surface area contributed by atoms with Crippen LogP contribution in [0.3, 0.4) is 0 Å². The Bertz CT molecular complexity index is 1700. The van der Waals surface area contributed by atoms with Crippen LogP contribution >= 0.6 is 20.8 Å². The van der Waals surface area contributed by atoms with Gasteiger partial charge in [-0.25, -0.2) is 9.37 Å². The van der Waals surface area contributed by atoms with Crippen molar-refractivity contribution in [2.75, 3.05) is 56.6 Å². The highest BCUT2D eigenvalue weighted by molar-refractivity contribution is 7.28. The van der Waals surface area contributed by atoms with Crippen LogP contribution in [-0.4, -0.2) is 94.8 Å². The molecule has 214 valence electrons. The maximum atomic E-state index is 16.8. The topological polar surface area (TPSA) is 84.5 Å². The number of aryl methyl sites for hydroxylation is 1. The second kappa shape index (κ2) is 10.5. The number of carbonyl (C=O) groups is 1. The van der Waals surface area contributed by atoms with Crippen LogP contribution in [-0.2, 0) is 4.79 Å². The van der Waals surface area contributed by atoms with E-state index in [9.17, 15) is 4.79 Å². The van der Waals surface area contributed by atoms with E-state index >= 15 is 4.39 Å². The van der Waals surface area contributed by atoms with Gasteiger partial charge < -0.3 is 19.6 Å². The number of halogens is 2. The first kappa shape index (κ1) is 27.8. The Morgan fingerprint density at radius 1 is 1.20 bits per heavy atom. The van der Waals surface area contributed by atoms with Crippen molar-refractivity contribution in [2.24, 2.45) is 0 Å². The molecule has 12 heteroatoms. The highest BCUT2D eigenvalue weighted by atomic mass is 35.5. The predicted octanol–water partition coefficient (Wildman–Crippen LogP) is 3.75. The fourth-order valence-corrected chi connectivity index (χ4v) is 6.54. The molecule has 0 bridgehead atoms. The van der Waals surface area contributed by atoms with Crippen LogP contribution in [0, 0.1) is 12.7 Å². The molecule has 41 heavy (non-hydrogen) atoms. The Hall–Kier alpha value is -3.33. The smallest absolute Gasteiger partial charge is 0.246 e. The van der Waals surface area contributed by atoms with Crippen molar-refractivity contribution in [1.29, 1.82) is 0 Å². The van der Waals surface area contributed by atoms with Gasteiger partial charge >= 0.3 is 0 Å². The molecule has 6 rings (SSSR count). The number of anilines is 2. The molecule has 2 aliphatic heterocycles. The highest BCUT2D eigenvalue weighted by Crippen LogP contribution is 2.42. The summed E-state index contributed by atoms with van der Waals surface area (Å²) < 4.78 is 16.8. The minimum atomic E-state index is -0.489. The van der Waals surface area contributed by atoms with E-state index < -0.39 is 5.82 Å². The number of hydrogen-bond acceptors (Lipinski definition) is 7. The van der Waals surface area contributed by atoms with Crippen molar-refractivity contribution in [2.45, 2.75) is 25.9 Å². The van der Waals surface area contributed by atoms with Crippen LogP contribution < -0.4 is 15.2 Å². The number of rotatable bonds is 5. The number of amides is 1. The van der Waals surface area contributed by atoms with E-state index in [1.165, 1.54) is 6.08 Å². The normalized spacial score (nSPS) is 18.0. The van der Waals surface area contributed by atoms with E-state index in [1.54, 1.807) is 11.0 Å². The van der Waals surface area contributed by atoms with E-state index in [0.717, 1.165) is 29.6 Å². The fraction of sp³-hybridized carbons (Fsp3) is 0.379. The molecule has 2 saturated heterocycles. The summed E-state index contributed by atoms with van der Waals surface area (Å²) in [6.45, 7) is 10.7. The monoisotopic (exact) mass is 594 g/mol. The minimum Gasteiger partial charge on any atom is -0.352 e. The van der Waals surface area contributed by atoms with E-state index in [-0.39, 0.29) is 22.5 Å². The number of piperazine rings is 1. The first-order valence-corrected chi connectivity index (χ1v) is 14.6. The molecule has 2 atom stereocenters. The number of aromatic amines is 1. The van der Waals surface area contributed by atoms with Gasteiger partial charge in [0.2, 0.25) is 11.9 Å². The SMILES string of the molecule is C=CC(=O)N1CCN(c2nc(N3CC(N(C)C)C3)nc3c(F)c(-c4c(C)ccc5[nH]nc(P)c45)c(Cl)cc23)C[C@H]1C. The van der Waals surface area contributed by atoms with E-state index in [4.69, 9.17) is 21.6 Å². The number of H-pyrrole nitrogens is 1. The summed E-state index contributed by atoms with van der Waals surface area (Å²) in [4.78, 5) is 30.3. The first-order chi connectivity index (χ1) is 19.6. The van der Waals surface area contributed by atoms with Crippen LogP contribution in [0.25, 0.3) is 32.9 Å². The molecule has 1 unspecified atom stereocenters. The summed E-state index contributed by atoms with van der Waals surface area (Å²) in [6, 6.07) is 5.94. The van der Waals surface area contributed by atoms with Crippen LogP contribution in [0.4, 0.5) is 16.2 Å². The maximum absolute atomic E-state index is 16.8. The fourth-order valence-electron chi connectivity index (χ4n) is 5.88. The molecule has 0 radical (unpaired) electrons. The third kappa shape index (κ3) is 4.62. The number of aromatic nitrogens is 4. The molecule has 9 nitrogen and oxygen atoms in total. The minimum absolute atomic E-state index is 0.0775. The van der Waals surface area contributed by atoms with Crippen molar-refractivity contribution in [3.05, 3.63) is 47.3 Å². The average Bonchev–Trinajstić information content (AvgIpc) is 3.28. The van der Waals surface area contributed by atoms with Gasteiger partial charge in [0.05, 0.1) is 16.0 Å². The lowest BCUT2D eigenvalue weighted by Gasteiger charge is -2.43. The van der Waals surface area contributed by atoms with Crippen LogP contribution in [0.2, 0.25) is 5.02 Å². The van der Waals surface area contributed by atoms with Crippen LogP contribution in [0.5, 0.6) is 0 Å². The largest absolute Gasteiger partial charge is 0.352 e. The summed E-state index contributed by atoms with van der Waals surface area (Å²) in [7, 11) is 6.72. The van der Waals surface area contributed by atoms with Crippen molar-refractivity contribution in [3.63, 3.8) is 0 Å². The molecule has 2 fully saturated rings. The second-order valence-corrected chi connectivity index (χ2v) is 12.1. The van der Waals surface area contributed by atoms with Gasteiger partial charge in [-0.2, -0.15) is 10.1 Å². The lowest BCUT2D eigenvalue weighted by atomic mass is 9.95. The molecule has 1 amide bonds. The van der Waals surface area contributed by atoms with Crippen molar-refractivity contribution < 1.29 is 9.18 Å². The first-order valence-electron chi connectivity index (χ1n) is 13.6. The zero-order valence-corrected chi connectivity index (χ0v) is 25.5. The Morgan fingerprint density at radius 2 is 1.95 bits per heavy atom. The Labute approximate surface area is 245 Å². The summed E-state index contributed by atoms with van der Waals surface area (Å²) in [5.41, 5.74) is 3.58. The molecule has 0 spiro atoms. The Kier molecular flexibility index (Phi) is 7.12. The Balaban J connectivity index is 1.53. The third-order valence-corrected chi connectivity index (χ3v) is 9.04. The van der Waals surface area contributed by atoms with Gasteiger partial charge in [0.15, 0.2) is 5.82 Å². The maximum Gasteiger partial charge on any atom is 0.246 e. The number of benzene rings is 2. The van der Waals surface area contributed by atoms with Gasteiger partial charge in [0, 0.05) is 66.7 Å². The Morgan fingerprint density at radius 3 is 2.63 bits per heavy atom. The molecule has 4 aromatic rings. The third-order valence-electron chi connectivity index (χ3n) is 8.33. The van der Waals surface area contributed by atoms with Gasteiger partial charge in [-0.05, 0) is 51.7 Å². The summed E-state index contributed by atoms with van der Waals surface area (Å²) in [5.74, 6) is 0.515. The molecule has 2 aliphatic rings. The summed E-state index contributed by atoms with van der Waals surface area (Å²) >= 11 is 6.92. The zero-order valence-electron chi connectivity index (χ0n) is 23.6. The van der Waals surface area contributed by atoms with E-state index in [1.807, 2.05) is 40.1 Å². The van der Waals surface area contributed by atoms with Gasteiger partial charge in [-0.15, -0.1) is 0 Å². The number of carbonyl (C=O) groups excluding carboxylic acids is 1. The lowest BCUT2D eigenvalue weighted by molar-refractivity contribution is -0.128. The summed E-state index contributed by atoms with van der Waals surface area (Å²) in [6.07, 6.45) is 1.34. The molecular weight excluding hydrogens is 562 g/mol. The average molecular weight is 595 g/mol. The highest BCUT2D eigenvalue weighted by Gasteiger charge is 2.34. The molecule has 4 heterocycles. The number of fused-ring (bicyclic) bond motifs is 2. The predicted molar refractivity (Wildman–Crippen MR) is 167 cm³/mol. The molecule has 0 aliphatic carbocycles.